The highest BCUT2D eigenvalue weighted by atomic mass is 28.3. The maximum Gasteiger partial charge on any atom is 0.369 e. The third-order valence-corrected chi connectivity index (χ3v) is 4.01. The van der Waals surface area contributed by atoms with Crippen LogP contribution in [0.15, 0.2) is 0 Å². The fourth-order valence-electron chi connectivity index (χ4n) is 1.84. The van der Waals surface area contributed by atoms with E-state index in [0.717, 1.165) is 12.8 Å². The smallest absolute Gasteiger partial charge is 0.369 e. The fourth-order valence-corrected chi connectivity index (χ4v) is 2.37. The van der Waals surface area contributed by atoms with Crippen LogP contribution in [0.5, 0.6) is 0 Å². The topological polar surface area (TPSA) is 35.5 Å². The molecule has 0 amide bonds. The van der Waals surface area contributed by atoms with E-state index >= 15 is 0 Å². The number of rotatable bonds is 13. The Kier molecular flexibility index (Phi) is 14.4. The first kappa shape index (κ1) is 17.6. The van der Waals surface area contributed by atoms with Gasteiger partial charge in [0.25, 0.3) is 5.97 Å². The maximum absolute atomic E-state index is 11.3. The van der Waals surface area contributed by atoms with Crippen molar-refractivity contribution in [1.82, 2.24) is 0 Å². The van der Waals surface area contributed by atoms with Crippen molar-refractivity contribution in [1.29, 1.82) is 0 Å². The van der Waals surface area contributed by atoms with E-state index in [-0.39, 0.29) is 5.97 Å². The fraction of sp³-hybridized carbons (Fsp3) is 0.929. The van der Waals surface area contributed by atoms with Crippen LogP contribution in [0.4, 0.5) is 0 Å². The molecule has 0 bridgehead atoms. The molecule has 0 spiro atoms. The van der Waals surface area contributed by atoms with Gasteiger partial charge in [-0.1, -0.05) is 58.3 Å². The summed E-state index contributed by atoms with van der Waals surface area (Å²) in [4.78, 5) is 11.3. The first-order valence-corrected chi connectivity index (χ1v) is 8.70. The first-order chi connectivity index (χ1) is 8.81. The third-order valence-electron chi connectivity index (χ3n) is 2.99. The molecule has 3 nitrogen and oxygen atoms in total. The Morgan fingerprint density at radius 2 is 1.44 bits per heavy atom. The Morgan fingerprint density at radius 3 is 2.00 bits per heavy atom. The summed E-state index contributed by atoms with van der Waals surface area (Å²) in [5, 5.41) is 0. The molecule has 0 radical (unpaired) electrons. The average Bonchev–Trinajstić information content (AvgIpc) is 2.37. The van der Waals surface area contributed by atoms with E-state index in [1.54, 1.807) is 0 Å². The SMILES string of the molecule is CCCCCCCCCCCC(=O)O[SiH2]OCC. The predicted octanol–water partition coefficient (Wildman–Crippen LogP) is 3.49. The van der Waals surface area contributed by atoms with Gasteiger partial charge in [0.1, 0.15) is 0 Å². The maximum atomic E-state index is 11.3. The van der Waals surface area contributed by atoms with Crippen molar-refractivity contribution in [3.05, 3.63) is 0 Å². The normalized spacial score (nSPS) is 11.2. The molecule has 0 aromatic heterocycles. The molecule has 0 N–H and O–H groups in total. The number of hydrogen-bond acceptors (Lipinski definition) is 3. The summed E-state index contributed by atoms with van der Waals surface area (Å²) in [7, 11) is -1.04. The van der Waals surface area contributed by atoms with Gasteiger partial charge in [-0.05, 0) is 13.3 Å². The zero-order valence-electron chi connectivity index (χ0n) is 12.2. The summed E-state index contributed by atoms with van der Waals surface area (Å²) >= 11 is 0. The molecule has 0 aliphatic carbocycles. The molecule has 0 saturated heterocycles. The van der Waals surface area contributed by atoms with E-state index in [0.29, 0.717) is 13.0 Å². The molecule has 0 saturated carbocycles. The van der Waals surface area contributed by atoms with Gasteiger partial charge in [0.15, 0.2) is 0 Å². The van der Waals surface area contributed by atoms with Crippen molar-refractivity contribution in [2.45, 2.75) is 78.1 Å². The van der Waals surface area contributed by atoms with Crippen molar-refractivity contribution in [3.63, 3.8) is 0 Å². The number of unbranched alkanes of at least 4 members (excludes halogenated alkanes) is 8. The van der Waals surface area contributed by atoms with Gasteiger partial charge in [0.2, 0.25) is 0 Å². The highest BCUT2D eigenvalue weighted by Gasteiger charge is 2.02. The second-order valence-corrected chi connectivity index (χ2v) is 5.64. The summed E-state index contributed by atoms with van der Waals surface area (Å²) in [6.45, 7) is 4.81. The molecule has 0 aliphatic rings. The molecule has 0 heterocycles. The molecule has 108 valence electrons. The van der Waals surface area contributed by atoms with Crippen LogP contribution in [0, 0.1) is 0 Å². The summed E-state index contributed by atoms with van der Waals surface area (Å²) in [6.07, 6.45) is 12.0. The van der Waals surface area contributed by atoms with Gasteiger partial charge in [-0.2, -0.15) is 0 Å². The zero-order chi connectivity index (χ0) is 13.5. The number of hydrogen-bond donors (Lipinski definition) is 0. The summed E-state index contributed by atoms with van der Waals surface area (Å²) in [5.74, 6) is -0.0712. The molecule has 4 heteroatoms. The minimum Gasteiger partial charge on any atom is -0.499 e. The van der Waals surface area contributed by atoms with Crippen molar-refractivity contribution in [2.75, 3.05) is 6.61 Å². The highest BCUT2D eigenvalue weighted by Crippen LogP contribution is 2.10. The molecule has 0 aromatic carbocycles. The van der Waals surface area contributed by atoms with Crippen LogP contribution < -0.4 is 0 Å². The van der Waals surface area contributed by atoms with E-state index in [1.807, 2.05) is 6.92 Å². The lowest BCUT2D eigenvalue weighted by molar-refractivity contribution is -0.135. The quantitative estimate of drug-likeness (QED) is 0.381. The molecule has 0 aromatic rings. The Hall–Kier alpha value is -0.353. The predicted molar refractivity (Wildman–Crippen MR) is 78.1 cm³/mol. The Bertz CT molecular complexity index is 186. The molecule has 0 rings (SSSR count). The Morgan fingerprint density at radius 1 is 0.889 bits per heavy atom. The average molecular weight is 274 g/mol. The van der Waals surface area contributed by atoms with E-state index < -0.39 is 10.0 Å². The van der Waals surface area contributed by atoms with Gasteiger partial charge >= 0.3 is 10.0 Å². The van der Waals surface area contributed by atoms with Gasteiger partial charge in [-0.3, -0.25) is 4.79 Å². The van der Waals surface area contributed by atoms with Gasteiger partial charge in [-0.15, -0.1) is 0 Å². The molecule has 0 fully saturated rings. The summed E-state index contributed by atoms with van der Waals surface area (Å²) in [5.41, 5.74) is 0. The molecular weight excluding hydrogens is 244 g/mol. The van der Waals surface area contributed by atoms with Crippen LogP contribution in [0.1, 0.15) is 78.1 Å². The minimum absolute atomic E-state index is 0.0712. The molecule has 0 unspecified atom stereocenters. The van der Waals surface area contributed by atoms with Crippen LogP contribution in [-0.2, 0) is 13.6 Å². The third kappa shape index (κ3) is 13.7. The van der Waals surface area contributed by atoms with Gasteiger partial charge in [0.05, 0.1) is 0 Å². The Balaban J connectivity index is 3.08. The van der Waals surface area contributed by atoms with Crippen LogP contribution in [0.25, 0.3) is 0 Å². The highest BCUT2D eigenvalue weighted by molar-refractivity contribution is 6.22. The standard InChI is InChI=1S/C14H30O3Si/c1-3-5-6-7-8-9-10-11-12-13-14(15)17-18-16-4-2/h3-13,18H2,1-2H3. The lowest BCUT2D eigenvalue weighted by atomic mass is 10.1. The number of carbonyl (C=O) groups excluding carboxylic acids is 1. The summed E-state index contributed by atoms with van der Waals surface area (Å²) < 4.78 is 10.1. The van der Waals surface area contributed by atoms with Gasteiger partial charge in [0, 0.05) is 13.0 Å². The van der Waals surface area contributed by atoms with Crippen molar-refractivity contribution >= 4 is 16.0 Å². The minimum atomic E-state index is -1.04. The van der Waals surface area contributed by atoms with Crippen molar-refractivity contribution in [2.24, 2.45) is 0 Å². The van der Waals surface area contributed by atoms with Crippen LogP contribution in [-0.4, -0.2) is 22.6 Å². The van der Waals surface area contributed by atoms with E-state index in [4.69, 9.17) is 8.85 Å². The van der Waals surface area contributed by atoms with E-state index in [2.05, 4.69) is 6.92 Å². The second kappa shape index (κ2) is 14.7. The second-order valence-electron chi connectivity index (χ2n) is 4.71. The van der Waals surface area contributed by atoms with Gasteiger partial charge in [-0.25, -0.2) is 0 Å². The van der Waals surface area contributed by atoms with Crippen LogP contribution in [0.3, 0.4) is 0 Å². The monoisotopic (exact) mass is 274 g/mol. The molecule has 18 heavy (non-hydrogen) atoms. The summed E-state index contributed by atoms with van der Waals surface area (Å²) in [6, 6.07) is 0. The Labute approximate surface area is 115 Å². The van der Waals surface area contributed by atoms with Crippen molar-refractivity contribution in [3.8, 4) is 0 Å². The lowest BCUT2D eigenvalue weighted by Crippen LogP contribution is -2.11. The van der Waals surface area contributed by atoms with Gasteiger partial charge < -0.3 is 8.85 Å². The van der Waals surface area contributed by atoms with E-state index in [1.165, 1.54) is 44.9 Å². The zero-order valence-corrected chi connectivity index (χ0v) is 13.6. The van der Waals surface area contributed by atoms with Crippen LogP contribution >= 0.6 is 0 Å². The van der Waals surface area contributed by atoms with E-state index in [9.17, 15) is 4.79 Å². The molecular formula is C14H30O3Si. The molecule has 0 aliphatic heterocycles. The number of carbonyl (C=O) groups is 1. The lowest BCUT2D eigenvalue weighted by Gasteiger charge is -2.04. The van der Waals surface area contributed by atoms with Crippen molar-refractivity contribution < 1.29 is 13.6 Å². The van der Waals surface area contributed by atoms with Crippen LogP contribution in [0.2, 0.25) is 0 Å². The first-order valence-electron chi connectivity index (χ1n) is 7.54. The molecule has 0 atom stereocenters. The largest absolute Gasteiger partial charge is 0.499 e.